The molecule has 0 aromatic heterocycles. The van der Waals surface area contributed by atoms with Crippen molar-refractivity contribution in [1.29, 1.82) is 0 Å². The van der Waals surface area contributed by atoms with Gasteiger partial charge in [-0.2, -0.15) is 0 Å². The molecule has 3 heterocycles. The number of likely N-dealkylation sites (N-methyl/N-ethyl adjacent to an activating group) is 2. The molecule has 1 atom stereocenters. The summed E-state index contributed by atoms with van der Waals surface area (Å²) in [5.74, 6) is -0.141. The lowest BCUT2D eigenvalue weighted by Gasteiger charge is -2.37. The average molecular weight is 347 g/mol. The molecular weight excluding hydrogens is 324 g/mol. The second kappa shape index (κ2) is 5.91. The van der Waals surface area contributed by atoms with E-state index in [1.54, 1.807) is 23.6 Å². The summed E-state index contributed by atoms with van der Waals surface area (Å²) < 4.78 is 1.66. The summed E-state index contributed by atoms with van der Waals surface area (Å²) in [4.78, 5) is 48.5. The molecule has 0 spiro atoms. The molecule has 9 heteroatoms. The lowest BCUT2D eigenvalue weighted by Crippen LogP contribution is -2.64. The Labute approximate surface area is 146 Å². The molecule has 134 valence electrons. The standard InChI is InChI=1S/C16H23N6O3/c1-18-10-17-14-13(18)15(24)22(16(25)19(14)2)9-12(23)21-7-5-20(6-8-21)11-3-4-11/h10-11,13H,3-9H2,1-2H3/q+1. The minimum atomic E-state index is -0.623. The number of carbonyl (C=O) groups is 3. The molecule has 4 aliphatic rings. The summed E-state index contributed by atoms with van der Waals surface area (Å²) in [5, 5.41) is 0. The molecular formula is C16H23N6O3+. The van der Waals surface area contributed by atoms with Crippen molar-refractivity contribution in [2.24, 2.45) is 4.99 Å². The third-order valence-electron chi connectivity index (χ3n) is 5.41. The lowest BCUT2D eigenvalue weighted by molar-refractivity contribution is -0.500. The molecule has 9 nitrogen and oxygen atoms in total. The predicted molar refractivity (Wildman–Crippen MR) is 89.5 cm³/mol. The predicted octanol–water partition coefficient (Wildman–Crippen LogP) is -1.36. The van der Waals surface area contributed by atoms with Crippen LogP contribution in [0.5, 0.6) is 0 Å². The highest BCUT2D eigenvalue weighted by Crippen LogP contribution is 2.27. The Hall–Kier alpha value is -2.29. The van der Waals surface area contributed by atoms with E-state index < -0.39 is 12.1 Å². The Kier molecular flexibility index (Phi) is 3.82. The topological polar surface area (TPSA) is 79.5 Å². The van der Waals surface area contributed by atoms with Gasteiger partial charge in [-0.3, -0.25) is 24.3 Å². The van der Waals surface area contributed by atoms with Gasteiger partial charge in [-0.25, -0.2) is 9.37 Å². The number of amides is 4. The van der Waals surface area contributed by atoms with E-state index in [1.165, 1.54) is 24.1 Å². The van der Waals surface area contributed by atoms with Gasteiger partial charge in [0.2, 0.25) is 5.91 Å². The van der Waals surface area contributed by atoms with Gasteiger partial charge in [-0.1, -0.05) is 0 Å². The van der Waals surface area contributed by atoms with E-state index in [2.05, 4.69) is 9.89 Å². The Bertz CT molecular complexity index is 690. The number of piperazine rings is 1. The summed E-state index contributed by atoms with van der Waals surface area (Å²) in [6.07, 6.45) is 4.05. The molecule has 0 bridgehead atoms. The van der Waals surface area contributed by atoms with Crippen LogP contribution in [0.3, 0.4) is 0 Å². The number of hydrogen-bond donors (Lipinski definition) is 0. The van der Waals surface area contributed by atoms with Crippen LogP contribution in [-0.4, -0.2) is 113 Å². The summed E-state index contributed by atoms with van der Waals surface area (Å²) in [5.41, 5.74) is 0. The van der Waals surface area contributed by atoms with Gasteiger partial charge >= 0.3 is 6.03 Å². The maximum atomic E-state index is 12.7. The normalized spacial score (nSPS) is 27.4. The van der Waals surface area contributed by atoms with Crippen LogP contribution in [0.1, 0.15) is 12.8 Å². The number of aliphatic imine (C=N–C) groups is 1. The van der Waals surface area contributed by atoms with Gasteiger partial charge < -0.3 is 4.90 Å². The third kappa shape index (κ3) is 2.72. The molecule has 1 saturated carbocycles. The zero-order valence-corrected chi connectivity index (χ0v) is 14.6. The molecule has 1 aliphatic carbocycles. The van der Waals surface area contributed by atoms with E-state index in [1.807, 2.05) is 0 Å². The molecule has 0 aromatic carbocycles. The van der Waals surface area contributed by atoms with Crippen molar-refractivity contribution >= 4 is 30.0 Å². The summed E-state index contributed by atoms with van der Waals surface area (Å²) in [6.45, 7) is 2.85. The van der Waals surface area contributed by atoms with Gasteiger partial charge in [0.1, 0.15) is 6.54 Å². The molecule has 1 unspecified atom stereocenters. The fourth-order valence-electron chi connectivity index (χ4n) is 3.70. The summed E-state index contributed by atoms with van der Waals surface area (Å²) in [7, 11) is 3.32. The fraction of sp³-hybridized carbons (Fsp3) is 0.688. The maximum absolute atomic E-state index is 12.7. The van der Waals surface area contributed by atoms with Crippen LogP contribution >= 0.6 is 0 Å². The van der Waals surface area contributed by atoms with E-state index in [4.69, 9.17) is 0 Å². The maximum Gasteiger partial charge on any atom is 0.334 e. The number of fused-ring (bicyclic) bond motifs is 1. The molecule has 4 amide bonds. The first-order chi connectivity index (χ1) is 12.0. The number of amidine groups is 1. The van der Waals surface area contributed by atoms with E-state index in [-0.39, 0.29) is 18.4 Å². The third-order valence-corrected chi connectivity index (χ3v) is 5.41. The largest absolute Gasteiger partial charge is 0.339 e. The minimum absolute atomic E-state index is 0.171. The smallest absolute Gasteiger partial charge is 0.334 e. The van der Waals surface area contributed by atoms with Crippen molar-refractivity contribution in [2.45, 2.75) is 24.9 Å². The van der Waals surface area contributed by atoms with Crippen molar-refractivity contribution in [3.63, 3.8) is 0 Å². The van der Waals surface area contributed by atoms with Crippen molar-refractivity contribution < 1.29 is 19.0 Å². The zero-order valence-electron chi connectivity index (χ0n) is 14.6. The van der Waals surface area contributed by atoms with E-state index in [0.29, 0.717) is 25.0 Å². The van der Waals surface area contributed by atoms with Gasteiger partial charge in [0.25, 0.3) is 24.1 Å². The zero-order chi connectivity index (χ0) is 17.7. The van der Waals surface area contributed by atoms with Crippen molar-refractivity contribution in [3.05, 3.63) is 0 Å². The SMILES string of the molecule is CN1C(=O)N(CC(=O)N2CCN(C3CC3)CC2)C(=O)C2C1=NC=[N+]2C. The van der Waals surface area contributed by atoms with Crippen LogP contribution in [0.15, 0.2) is 4.99 Å². The Morgan fingerprint density at radius 1 is 1.24 bits per heavy atom. The molecule has 3 fully saturated rings. The quantitative estimate of drug-likeness (QED) is 0.591. The van der Waals surface area contributed by atoms with Gasteiger partial charge in [0, 0.05) is 39.3 Å². The second-order valence-electron chi connectivity index (χ2n) is 7.08. The van der Waals surface area contributed by atoms with Crippen LogP contribution in [0.25, 0.3) is 0 Å². The van der Waals surface area contributed by atoms with Crippen LogP contribution in [-0.2, 0) is 9.59 Å². The van der Waals surface area contributed by atoms with Crippen LogP contribution in [0.2, 0.25) is 0 Å². The highest BCUT2D eigenvalue weighted by Gasteiger charge is 2.51. The molecule has 25 heavy (non-hydrogen) atoms. The lowest BCUT2D eigenvalue weighted by atomic mass is 10.1. The average Bonchev–Trinajstić information content (AvgIpc) is 3.39. The first kappa shape index (κ1) is 16.2. The number of carbonyl (C=O) groups excluding carboxylic acids is 3. The van der Waals surface area contributed by atoms with Crippen molar-refractivity contribution in [1.82, 2.24) is 19.6 Å². The number of urea groups is 1. The van der Waals surface area contributed by atoms with Crippen LogP contribution in [0.4, 0.5) is 4.79 Å². The van der Waals surface area contributed by atoms with Crippen molar-refractivity contribution in [2.75, 3.05) is 46.8 Å². The highest BCUT2D eigenvalue weighted by atomic mass is 16.2. The number of hydrogen-bond acceptors (Lipinski definition) is 5. The van der Waals surface area contributed by atoms with E-state index in [9.17, 15) is 14.4 Å². The Morgan fingerprint density at radius 2 is 1.92 bits per heavy atom. The Balaban J connectivity index is 1.42. The van der Waals surface area contributed by atoms with E-state index in [0.717, 1.165) is 18.0 Å². The number of rotatable bonds is 3. The summed E-state index contributed by atoms with van der Waals surface area (Å²) in [6, 6.07) is -0.418. The molecule has 0 aromatic rings. The first-order valence-electron chi connectivity index (χ1n) is 8.71. The molecule has 2 saturated heterocycles. The highest BCUT2D eigenvalue weighted by molar-refractivity contribution is 6.22. The fourth-order valence-corrected chi connectivity index (χ4v) is 3.70. The second-order valence-corrected chi connectivity index (χ2v) is 7.08. The monoisotopic (exact) mass is 347 g/mol. The van der Waals surface area contributed by atoms with Gasteiger partial charge in [0.15, 0.2) is 0 Å². The first-order valence-corrected chi connectivity index (χ1v) is 8.71. The summed E-state index contributed by atoms with van der Waals surface area (Å²) >= 11 is 0. The molecule has 3 aliphatic heterocycles. The van der Waals surface area contributed by atoms with Crippen molar-refractivity contribution in [3.8, 4) is 0 Å². The minimum Gasteiger partial charge on any atom is -0.339 e. The number of imide groups is 1. The van der Waals surface area contributed by atoms with E-state index >= 15 is 0 Å². The van der Waals surface area contributed by atoms with Gasteiger partial charge in [0.05, 0.1) is 7.05 Å². The Morgan fingerprint density at radius 3 is 2.56 bits per heavy atom. The number of nitrogens with zero attached hydrogens (tertiary/aromatic N) is 6. The molecule has 4 rings (SSSR count). The molecule has 0 radical (unpaired) electrons. The van der Waals surface area contributed by atoms with Gasteiger partial charge in [-0.05, 0) is 17.8 Å². The molecule has 0 N–H and O–H groups in total. The van der Waals surface area contributed by atoms with Crippen LogP contribution in [0, 0.1) is 0 Å². The van der Waals surface area contributed by atoms with Gasteiger partial charge in [-0.15, -0.1) is 0 Å². The van der Waals surface area contributed by atoms with Crippen LogP contribution < -0.4 is 0 Å².